The number of Topliss-reactive ketones (excluding diaryl/α,β-unsaturated/α-hetero) is 1. The van der Waals surface area contributed by atoms with Crippen LogP contribution >= 0.6 is 27.0 Å². The van der Waals surface area contributed by atoms with Crippen molar-refractivity contribution < 1.29 is 14.0 Å². The van der Waals surface area contributed by atoms with E-state index in [-0.39, 0.29) is 57.5 Å². The molecular weight excluding hydrogens is 531 g/mol. The Morgan fingerprint density at radius 2 is 1.69 bits per heavy atom. The minimum atomic E-state index is -0.690. The smallest absolute Gasteiger partial charge is 0.232 e. The van der Waals surface area contributed by atoms with E-state index in [9.17, 15) is 14.0 Å². The van der Waals surface area contributed by atoms with E-state index in [4.69, 9.17) is 10.8 Å². The lowest BCUT2D eigenvalue weighted by Crippen LogP contribution is -2.45. The molecule has 0 fully saturated rings. The number of carbonyl (C=O) groups is 2. The summed E-state index contributed by atoms with van der Waals surface area (Å²) in [6, 6.07) is 23.1. The van der Waals surface area contributed by atoms with Crippen molar-refractivity contribution in [2.75, 3.05) is 11.4 Å². The summed E-state index contributed by atoms with van der Waals surface area (Å²) >= 11 is 0. The van der Waals surface area contributed by atoms with Crippen LogP contribution in [0.15, 0.2) is 78.9 Å². The summed E-state index contributed by atoms with van der Waals surface area (Å²) in [6.07, 6.45) is 0.0147. The summed E-state index contributed by atoms with van der Waals surface area (Å²) in [6.45, 7) is 4.40. The normalized spacial score (nSPS) is 16.2. The van der Waals surface area contributed by atoms with Gasteiger partial charge < -0.3 is 5.73 Å². The molecule has 0 saturated carbocycles. The highest BCUT2D eigenvalue weighted by atomic mass is 32.1. The van der Waals surface area contributed by atoms with Crippen LogP contribution in [0.4, 0.5) is 10.2 Å². The Bertz CT molecular complexity index is 1460. The number of aromatic nitrogens is 2. The van der Waals surface area contributed by atoms with E-state index in [0.29, 0.717) is 23.6 Å². The zero-order chi connectivity index (χ0) is 26.1. The number of aryl methyl sites for hydroxylation is 1. The van der Waals surface area contributed by atoms with E-state index in [1.165, 1.54) is 12.1 Å². The number of hydrogen-bond acceptors (Lipinski definition) is 4. The van der Waals surface area contributed by atoms with Crippen LogP contribution in [0.1, 0.15) is 52.0 Å². The lowest BCUT2D eigenvalue weighted by atomic mass is 9.74. The second kappa shape index (κ2) is 12.6. The Kier molecular flexibility index (Phi) is 9.77. The van der Waals surface area contributed by atoms with Gasteiger partial charge in [-0.15, -0.1) is 0 Å². The van der Waals surface area contributed by atoms with Gasteiger partial charge in [-0.05, 0) is 49.7 Å². The van der Waals surface area contributed by atoms with Gasteiger partial charge >= 0.3 is 0 Å². The predicted octanol–water partition coefficient (Wildman–Crippen LogP) is 5.39. The van der Waals surface area contributed by atoms with Crippen molar-refractivity contribution in [3.05, 3.63) is 113 Å². The number of rotatable bonds is 7. The molecule has 6 nitrogen and oxygen atoms in total. The van der Waals surface area contributed by atoms with Crippen LogP contribution in [-0.2, 0) is 11.3 Å². The standard InChI is InChI=1S/C30H29FN4O2.2H2S/c1-3-34-29-28(25(18-32)33-35(29)23-10-5-4-6-11-23)27(20-12-14-22(31)15-13-20)24(30(34)37)17-26(36)21-9-7-8-19(2)16-21;;/h4-16,24,27H,3,17-18,32H2,1-2H3;2*1H2/t24-,27+;;/m0../s1. The molecule has 2 atom stereocenters. The molecule has 3 aromatic carbocycles. The summed E-state index contributed by atoms with van der Waals surface area (Å²) in [5.41, 5.74) is 10.7. The molecule has 0 saturated heterocycles. The molecule has 0 spiro atoms. The first-order chi connectivity index (χ1) is 17.9. The number of hydrogen-bond donors (Lipinski definition) is 1. The minimum Gasteiger partial charge on any atom is -0.325 e. The summed E-state index contributed by atoms with van der Waals surface area (Å²) in [4.78, 5) is 29.3. The van der Waals surface area contributed by atoms with Crippen molar-refractivity contribution in [2.24, 2.45) is 11.7 Å². The molecule has 4 aromatic rings. The van der Waals surface area contributed by atoms with E-state index in [2.05, 4.69) is 0 Å². The third-order valence-corrected chi connectivity index (χ3v) is 7.01. The van der Waals surface area contributed by atoms with Crippen LogP contribution in [0, 0.1) is 18.7 Å². The molecule has 0 bridgehead atoms. The van der Waals surface area contributed by atoms with E-state index in [0.717, 1.165) is 22.4 Å². The SMILES string of the molecule is CCN1C(=O)[C@@H](CC(=O)c2cccc(C)c2)[C@@H](c2ccc(F)cc2)c2c(CN)nn(-c3ccccc3)c21.S.S. The molecule has 5 rings (SSSR count). The van der Waals surface area contributed by atoms with Crippen molar-refractivity contribution in [3.8, 4) is 5.69 Å². The Hall–Kier alpha value is -3.40. The monoisotopic (exact) mass is 564 g/mol. The average molecular weight is 565 g/mol. The molecule has 204 valence electrons. The second-order valence-corrected chi connectivity index (χ2v) is 9.35. The topological polar surface area (TPSA) is 81.2 Å². The highest BCUT2D eigenvalue weighted by Crippen LogP contribution is 2.47. The molecule has 2 N–H and O–H groups in total. The zero-order valence-corrected chi connectivity index (χ0v) is 23.9. The summed E-state index contributed by atoms with van der Waals surface area (Å²) in [5, 5.41) is 4.83. The van der Waals surface area contributed by atoms with Crippen molar-refractivity contribution in [2.45, 2.75) is 32.7 Å². The number of carbonyl (C=O) groups excluding carboxylic acids is 2. The Morgan fingerprint density at radius 1 is 1.00 bits per heavy atom. The van der Waals surface area contributed by atoms with Gasteiger partial charge in [0, 0.05) is 36.6 Å². The molecule has 0 unspecified atom stereocenters. The number of halogens is 1. The highest BCUT2D eigenvalue weighted by Gasteiger charge is 2.45. The summed E-state index contributed by atoms with van der Waals surface area (Å²) in [7, 11) is 0. The quantitative estimate of drug-likeness (QED) is 0.305. The molecular formula is C30H33FN4O2S2. The molecule has 39 heavy (non-hydrogen) atoms. The van der Waals surface area contributed by atoms with Crippen LogP contribution in [0.2, 0.25) is 0 Å². The van der Waals surface area contributed by atoms with Gasteiger partial charge in [0.05, 0.1) is 17.3 Å². The maximum absolute atomic E-state index is 14.1. The lowest BCUT2D eigenvalue weighted by Gasteiger charge is -2.38. The van der Waals surface area contributed by atoms with Gasteiger partial charge in [0.1, 0.15) is 11.6 Å². The van der Waals surface area contributed by atoms with Crippen LogP contribution < -0.4 is 10.6 Å². The number of amides is 1. The van der Waals surface area contributed by atoms with E-state index < -0.39 is 11.8 Å². The zero-order valence-electron chi connectivity index (χ0n) is 21.9. The van der Waals surface area contributed by atoms with Crippen LogP contribution in [-0.4, -0.2) is 28.0 Å². The van der Waals surface area contributed by atoms with E-state index in [1.807, 2.05) is 62.4 Å². The molecule has 1 aliphatic heterocycles. The Morgan fingerprint density at radius 3 is 2.31 bits per heavy atom. The van der Waals surface area contributed by atoms with Crippen molar-refractivity contribution in [3.63, 3.8) is 0 Å². The number of benzene rings is 3. The van der Waals surface area contributed by atoms with Crippen molar-refractivity contribution >= 4 is 44.5 Å². The van der Waals surface area contributed by atoms with Gasteiger partial charge in [0.25, 0.3) is 0 Å². The number of para-hydroxylation sites is 1. The Labute approximate surface area is 241 Å². The number of fused-ring (bicyclic) bond motifs is 1. The van der Waals surface area contributed by atoms with Gasteiger partial charge in [0.15, 0.2) is 5.78 Å². The van der Waals surface area contributed by atoms with Crippen molar-refractivity contribution in [1.29, 1.82) is 0 Å². The maximum Gasteiger partial charge on any atom is 0.232 e. The van der Waals surface area contributed by atoms with Gasteiger partial charge in [-0.1, -0.05) is 54.1 Å². The van der Waals surface area contributed by atoms with Gasteiger partial charge in [-0.25, -0.2) is 9.07 Å². The number of nitrogens with zero attached hydrogens (tertiary/aromatic N) is 3. The first-order valence-electron chi connectivity index (χ1n) is 12.5. The molecule has 1 aromatic heterocycles. The van der Waals surface area contributed by atoms with Gasteiger partial charge in [-0.3, -0.25) is 14.5 Å². The minimum absolute atomic E-state index is 0. The molecule has 9 heteroatoms. The lowest BCUT2D eigenvalue weighted by molar-refractivity contribution is -0.123. The van der Waals surface area contributed by atoms with Crippen LogP contribution in [0.3, 0.4) is 0 Å². The van der Waals surface area contributed by atoms with Crippen LogP contribution in [0.25, 0.3) is 5.69 Å². The fourth-order valence-corrected chi connectivity index (χ4v) is 5.31. The summed E-state index contributed by atoms with van der Waals surface area (Å²) in [5.74, 6) is -1.19. The summed E-state index contributed by atoms with van der Waals surface area (Å²) < 4.78 is 15.7. The third-order valence-electron chi connectivity index (χ3n) is 7.01. The first-order valence-corrected chi connectivity index (χ1v) is 12.5. The highest BCUT2D eigenvalue weighted by molar-refractivity contribution is 7.59. The molecule has 0 radical (unpaired) electrons. The molecule has 0 aliphatic carbocycles. The third kappa shape index (κ3) is 5.66. The molecule has 1 aliphatic rings. The average Bonchev–Trinajstić information content (AvgIpc) is 3.29. The largest absolute Gasteiger partial charge is 0.325 e. The maximum atomic E-state index is 14.1. The predicted molar refractivity (Wildman–Crippen MR) is 162 cm³/mol. The van der Waals surface area contributed by atoms with E-state index in [1.54, 1.807) is 27.8 Å². The molecule has 2 heterocycles. The van der Waals surface area contributed by atoms with Gasteiger partial charge in [-0.2, -0.15) is 32.1 Å². The number of nitrogens with two attached hydrogens (primary N) is 1. The van der Waals surface area contributed by atoms with E-state index >= 15 is 0 Å². The second-order valence-electron chi connectivity index (χ2n) is 9.35. The van der Waals surface area contributed by atoms with Crippen molar-refractivity contribution in [1.82, 2.24) is 9.78 Å². The van der Waals surface area contributed by atoms with Crippen LogP contribution in [0.5, 0.6) is 0 Å². The fraction of sp³-hybridized carbons (Fsp3) is 0.233. The number of ketones is 1. The Balaban J connectivity index is 0.00000210. The number of anilines is 1. The molecule has 1 amide bonds. The fourth-order valence-electron chi connectivity index (χ4n) is 5.31. The van der Waals surface area contributed by atoms with Gasteiger partial charge in [0.2, 0.25) is 5.91 Å². The first kappa shape index (κ1) is 30.1.